The molecule has 0 spiro atoms. The molecule has 0 bridgehead atoms. The molecule has 5 nitrogen and oxygen atoms in total. The number of aromatic nitrogens is 1. The van der Waals surface area contributed by atoms with Crippen LogP contribution in [0.5, 0.6) is 0 Å². The molecule has 13 heavy (non-hydrogen) atoms. The number of fused-ring (bicyclic) bond motifs is 1. The molecule has 0 saturated carbocycles. The normalized spacial score (nSPS) is 15.7. The summed E-state index contributed by atoms with van der Waals surface area (Å²) in [6, 6.07) is 0. The smallest absolute Gasteiger partial charge is 0.414 e. The fourth-order valence-electron chi connectivity index (χ4n) is 1.46. The number of H-pyrrole nitrogens is 1. The molecule has 0 saturated heterocycles. The first-order chi connectivity index (χ1) is 6.20. The molecule has 0 aliphatic carbocycles. The first kappa shape index (κ1) is 7.85. The molecule has 68 valence electrons. The quantitative estimate of drug-likeness (QED) is 0.616. The summed E-state index contributed by atoms with van der Waals surface area (Å²) in [5, 5.41) is 8.67. The van der Waals surface area contributed by atoms with Crippen LogP contribution in [0.3, 0.4) is 0 Å². The van der Waals surface area contributed by atoms with Crippen LogP contribution < -0.4 is 0 Å². The summed E-state index contributed by atoms with van der Waals surface area (Å²) in [6.45, 7) is 0.249. The molecule has 1 aliphatic rings. The van der Waals surface area contributed by atoms with E-state index in [1.165, 1.54) is 6.20 Å². The third-order valence-corrected chi connectivity index (χ3v) is 2.14. The van der Waals surface area contributed by atoms with Crippen LogP contribution in [0.1, 0.15) is 15.9 Å². The summed E-state index contributed by atoms with van der Waals surface area (Å²) < 4.78 is 0. The molecule has 1 aliphatic heterocycles. The number of aromatic amines is 1. The molecule has 0 fully saturated rings. The molecule has 2 heterocycles. The molecule has 0 atom stereocenters. The van der Waals surface area contributed by atoms with Crippen molar-refractivity contribution < 1.29 is 14.7 Å². The van der Waals surface area contributed by atoms with E-state index in [-0.39, 0.29) is 6.54 Å². The molecule has 2 N–H and O–H groups in total. The Balaban J connectivity index is 2.38. The fraction of sp³-hybridized carbons (Fsp3) is 0.250. The van der Waals surface area contributed by atoms with E-state index in [1.54, 1.807) is 6.20 Å². The number of nitrogens with zero attached hydrogens (tertiary/aromatic N) is 1. The average molecular weight is 180 g/mol. The monoisotopic (exact) mass is 180 g/mol. The molecule has 0 aromatic carbocycles. The van der Waals surface area contributed by atoms with E-state index in [1.807, 2.05) is 0 Å². The second-order valence-electron chi connectivity index (χ2n) is 2.88. The molecule has 1 aromatic heterocycles. The van der Waals surface area contributed by atoms with Crippen molar-refractivity contribution in [1.82, 2.24) is 9.88 Å². The predicted octanol–water partition coefficient (Wildman–Crippen LogP) is 0.691. The molecule has 0 unspecified atom stereocenters. The topological polar surface area (TPSA) is 73.4 Å². The van der Waals surface area contributed by atoms with E-state index in [0.717, 1.165) is 10.5 Å². The number of imide groups is 1. The summed E-state index contributed by atoms with van der Waals surface area (Å²) in [7, 11) is 0. The van der Waals surface area contributed by atoms with Gasteiger partial charge in [-0.25, -0.2) is 9.69 Å². The lowest BCUT2D eigenvalue weighted by atomic mass is 10.1. The van der Waals surface area contributed by atoms with Crippen LogP contribution in [0.4, 0.5) is 4.79 Å². The molecule has 2 amide bonds. The van der Waals surface area contributed by atoms with Crippen molar-refractivity contribution in [3.05, 3.63) is 23.5 Å². The molecule has 2 rings (SSSR count). The Bertz CT molecular complexity index is 369. The summed E-state index contributed by atoms with van der Waals surface area (Å²) >= 11 is 0. The minimum Gasteiger partial charge on any atom is -0.465 e. The van der Waals surface area contributed by atoms with Gasteiger partial charge in [0.2, 0.25) is 0 Å². The van der Waals surface area contributed by atoms with Gasteiger partial charge in [0, 0.05) is 18.9 Å². The second kappa shape index (κ2) is 2.62. The Morgan fingerprint density at radius 1 is 1.54 bits per heavy atom. The Labute approximate surface area is 74.0 Å². The summed E-state index contributed by atoms with van der Waals surface area (Å²) in [4.78, 5) is 25.7. The summed E-state index contributed by atoms with van der Waals surface area (Å²) in [5.74, 6) is -0.435. The van der Waals surface area contributed by atoms with E-state index < -0.39 is 12.0 Å². The van der Waals surface area contributed by atoms with Crippen molar-refractivity contribution in [2.24, 2.45) is 0 Å². The second-order valence-corrected chi connectivity index (χ2v) is 2.88. The summed E-state index contributed by atoms with van der Waals surface area (Å²) in [5.41, 5.74) is 1.36. The number of carboxylic acid groups (broad SMARTS) is 1. The van der Waals surface area contributed by atoms with E-state index in [2.05, 4.69) is 4.98 Å². The van der Waals surface area contributed by atoms with Gasteiger partial charge in [-0.05, 0) is 12.0 Å². The van der Waals surface area contributed by atoms with Gasteiger partial charge in [-0.2, -0.15) is 0 Å². The van der Waals surface area contributed by atoms with Gasteiger partial charge >= 0.3 is 6.09 Å². The van der Waals surface area contributed by atoms with E-state index >= 15 is 0 Å². The Morgan fingerprint density at radius 3 is 3.00 bits per heavy atom. The van der Waals surface area contributed by atoms with E-state index in [9.17, 15) is 9.59 Å². The zero-order valence-electron chi connectivity index (χ0n) is 6.78. The maximum atomic E-state index is 11.4. The van der Waals surface area contributed by atoms with Crippen LogP contribution in [0, 0.1) is 0 Å². The summed E-state index contributed by atoms with van der Waals surface area (Å²) in [6.07, 6.45) is 2.67. The van der Waals surface area contributed by atoms with Gasteiger partial charge in [0.1, 0.15) is 0 Å². The molecular weight excluding hydrogens is 172 g/mol. The van der Waals surface area contributed by atoms with Gasteiger partial charge in [-0.3, -0.25) is 4.79 Å². The zero-order valence-corrected chi connectivity index (χ0v) is 6.78. The van der Waals surface area contributed by atoms with Gasteiger partial charge in [0.05, 0.1) is 5.56 Å². The molecule has 1 aromatic rings. The number of hydrogen-bond acceptors (Lipinski definition) is 2. The first-order valence-corrected chi connectivity index (χ1v) is 3.90. The van der Waals surface area contributed by atoms with Crippen LogP contribution in [0.25, 0.3) is 0 Å². The third kappa shape index (κ3) is 1.09. The van der Waals surface area contributed by atoms with Gasteiger partial charge in [0.15, 0.2) is 0 Å². The van der Waals surface area contributed by atoms with Crippen LogP contribution in [-0.2, 0) is 6.42 Å². The first-order valence-electron chi connectivity index (χ1n) is 3.90. The van der Waals surface area contributed by atoms with Crippen molar-refractivity contribution in [2.45, 2.75) is 6.42 Å². The Kier molecular flexibility index (Phi) is 1.58. The third-order valence-electron chi connectivity index (χ3n) is 2.14. The van der Waals surface area contributed by atoms with Gasteiger partial charge in [-0.15, -0.1) is 0 Å². The van der Waals surface area contributed by atoms with Gasteiger partial charge < -0.3 is 10.1 Å². The van der Waals surface area contributed by atoms with Gasteiger partial charge in [0.25, 0.3) is 5.91 Å². The Hall–Kier alpha value is -1.78. The number of rotatable bonds is 0. The van der Waals surface area contributed by atoms with E-state index in [0.29, 0.717) is 12.0 Å². The molecule has 5 heteroatoms. The molecular formula is C8H8N2O3. The lowest BCUT2D eigenvalue weighted by Crippen LogP contribution is -2.40. The highest BCUT2D eigenvalue weighted by molar-refractivity contribution is 6.04. The number of hydrogen-bond donors (Lipinski definition) is 2. The van der Waals surface area contributed by atoms with Crippen molar-refractivity contribution in [2.75, 3.05) is 6.54 Å². The fourth-order valence-corrected chi connectivity index (χ4v) is 1.46. The van der Waals surface area contributed by atoms with Crippen molar-refractivity contribution in [3.8, 4) is 0 Å². The Morgan fingerprint density at radius 2 is 2.31 bits per heavy atom. The number of nitrogens with one attached hydrogen (secondary N) is 1. The standard InChI is InChI=1S/C8H8N2O3/c11-7-6-4-9-3-5(6)1-2-10(7)8(12)13/h3-4,9H,1-2H2,(H,12,13). The lowest BCUT2D eigenvalue weighted by Gasteiger charge is -2.21. The highest BCUT2D eigenvalue weighted by Gasteiger charge is 2.28. The zero-order chi connectivity index (χ0) is 9.42. The number of carbonyl (C=O) groups is 2. The van der Waals surface area contributed by atoms with Crippen molar-refractivity contribution >= 4 is 12.0 Å². The maximum absolute atomic E-state index is 11.4. The van der Waals surface area contributed by atoms with E-state index in [4.69, 9.17) is 5.11 Å². The van der Waals surface area contributed by atoms with Crippen LogP contribution in [-0.4, -0.2) is 33.5 Å². The highest BCUT2D eigenvalue weighted by Crippen LogP contribution is 2.17. The van der Waals surface area contributed by atoms with Crippen molar-refractivity contribution in [3.63, 3.8) is 0 Å². The minimum absolute atomic E-state index is 0.249. The minimum atomic E-state index is -1.18. The average Bonchev–Trinajstić information content (AvgIpc) is 2.52. The van der Waals surface area contributed by atoms with Crippen LogP contribution in [0.2, 0.25) is 0 Å². The van der Waals surface area contributed by atoms with Crippen molar-refractivity contribution in [1.29, 1.82) is 0 Å². The SMILES string of the molecule is O=C(O)N1CCc2c[nH]cc2C1=O. The van der Waals surface area contributed by atoms with Crippen LogP contribution in [0.15, 0.2) is 12.4 Å². The molecule has 0 radical (unpaired) electrons. The predicted molar refractivity (Wildman–Crippen MR) is 43.6 cm³/mol. The largest absolute Gasteiger partial charge is 0.465 e. The maximum Gasteiger partial charge on any atom is 0.414 e. The lowest BCUT2D eigenvalue weighted by molar-refractivity contribution is 0.0728. The van der Waals surface area contributed by atoms with Gasteiger partial charge in [-0.1, -0.05) is 0 Å². The number of carbonyl (C=O) groups excluding carboxylic acids is 1. The van der Waals surface area contributed by atoms with Crippen LogP contribution >= 0.6 is 0 Å². The highest BCUT2D eigenvalue weighted by atomic mass is 16.4. The number of amides is 2.